The van der Waals surface area contributed by atoms with Gasteiger partial charge in [-0.2, -0.15) is 0 Å². The van der Waals surface area contributed by atoms with Crippen molar-refractivity contribution in [1.29, 1.82) is 5.41 Å². The number of hydrogen-bond acceptors (Lipinski definition) is 7. The fourth-order valence-electron chi connectivity index (χ4n) is 2.94. The second-order valence-corrected chi connectivity index (χ2v) is 6.49. The molecular weight excluding hydrogens is 380 g/mol. The Hall–Kier alpha value is -3.94. The zero-order chi connectivity index (χ0) is 21.5. The van der Waals surface area contributed by atoms with Crippen molar-refractivity contribution >= 4 is 24.2 Å². The minimum atomic E-state index is -0.296. The van der Waals surface area contributed by atoms with E-state index in [-0.39, 0.29) is 11.8 Å². The fourth-order valence-corrected chi connectivity index (χ4v) is 2.94. The summed E-state index contributed by atoms with van der Waals surface area (Å²) < 4.78 is 5.46. The molecule has 0 saturated carbocycles. The number of hydrogen-bond donors (Lipinski definition) is 2. The van der Waals surface area contributed by atoms with Gasteiger partial charge in [0.2, 0.25) is 0 Å². The quantitative estimate of drug-likeness (QED) is 0.587. The molecule has 8 nitrogen and oxygen atoms in total. The second-order valence-electron chi connectivity index (χ2n) is 6.49. The molecule has 0 fully saturated rings. The third-order valence-corrected chi connectivity index (χ3v) is 4.55. The van der Waals surface area contributed by atoms with Gasteiger partial charge in [-0.1, -0.05) is 6.07 Å². The summed E-state index contributed by atoms with van der Waals surface area (Å²) in [7, 11) is 3.25. The SMILES string of the molecule is CN=CC(C=N)c1ccc(OC)c(-c2cnc(NC(=O)c3cnccc3C)cn2)c1. The van der Waals surface area contributed by atoms with E-state index in [9.17, 15) is 4.79 Å². The molecule has 1 unspecified atom stereocenters. The van der Waals surface area contributed by atoms with Crippen molar-refractivity contribution in [2.45, 2.75) is 12.8 Å². The van der Waals surface area contributed by atoms with Crippen molar-refractivity contribution in [3.63, 3.8) is 0 Å². The molecule has 1 amide bonds. The Morgan fingerprint density at radius 1 is 1.23 bits per heavy atom. The second kappa shape index (κ2) is 9.51. The van der Waals surface area contributed by atoms with Gasteiger partial charge in [-0.3, -0.25) is 19.8 Å². The lowest BCUT2D eigenvalue weighted by Crippen LogP contribution is -2.14. The molecule has 2 heterocycles. The van der Waals surface area contributed by atoms with E-state index in [1.165, 1.54) is 18.6 Å². The van der Waals surface area contributed by atoms with Crippen LogP contribution in [0.1, 0.15) is 27.4 Å². The summed E-state index contributed by atoms with van der Waals surface area (Å²) in [5, 5.41) is 10.4. The molecule has 0 bridgehead atoms. The van der Waals surface area contributed by atoms with Crippen LogP contribution in [0.15, 0.2) is 54.0 Å². The molecule has 2 N–H and O–H groups in total. The van der Waals surface area contributed by atoms with Crippen LogP contribution in [0.2, 0.25) is 0 Å². The molecule has 0 aliphatic carbocycles. The molecule has 1 aromatic carbocycles. The smallest absolute Gasteiger partial charge is 0.258 e. The van der Waals surface area contributed by atoms with Crippen LogP contribution in [0, 0.1) is 12.3 Å². The van der Waals surface area contributed by atoms with Crippen LogP contribution in [0.5, 0.6) is 5.75 Å². The van der Waals surface area contributed by atoms with Gasteiger partial charge in [-0.15, -0.1) is 0 Å². The summed E-state index contributed by atoms with van der Waals surface area (Å²) in [6.45, 7) is 1.84. The highest BCUT2D eigenvalue weighted by molar-refractivity contribution is 6.04. The molecule has 0 saturated heterocycles. The average Bonchev–Trinajstić information content (AvgIpc) is 2.78. The Balaban J connectivity index is 1.87. The summed E-state index contributed by atoms with van der Waals surface area (Å²) in [5.74, 6) is 0.425. The number of benzene rings is 1. The lowest BCUT2D eigenvalue weighted by molar-refractivity contribution is 0.102. The number of aromatic nitrogens is 3. The van der Waals surface area contributed by atoms with Crippen LogP contribution in [0.25, 0.3) is 11.3 Å². The highest BCUT2D eigenvalue weighted by Gasteiger charge is 2.14. The number of carbonyl (C=O) groups is 1. The molecule has 152 valence electrons. The molecule has 30 heavy (non-hydrogen) atoms. The van der Waals surface area contributed by atoms with Crippen molar-refractivity contribution < 1.29 is 9.53 Å². The first-order valence-corrected chi connectivity index (χ1v) is 9.22. The first-order valence-electron chi connectivity index (χ1n) is 9.22. The van der Waals surface area contributed by atoms with Crippen LogP contribution < -0.4 is 10.1 Å². The van der Waals surface area contributed by atoms with Gasteiger partial charge in [0.05, 0.1) is 36.7 Å². The minimum absolute atomic E-state index is 0.242. The van der Waals surface area contributed by atoms with E-state index >= 15 is 0 Å². The van der Waals surface area contributed by atoms with E-state index < -0.39 is 0 Å². The number of ether oxygens (including phenoxy) is 1. The number of rotatable bonds is 7. The summed E-state index contributed by atoms with van der Waals surface area (Å²) in [6, 6.07) is 7.39. The third-order valence-electron chi connectivity index (χ3n) is 4.55. The highest BCUT2D eigenvalue weighted by atomic mass is 16.5. The van der Waals surface area contributed by atoms with Crippen LogP contribution >= 0.6 is 0 Å². The summed E-state index contributed by atoms with van der Waals surface area (Å²) in [6.07, 6.45) is 9.24. The molecular formula is C22H22N6O2. The van der Waals surface area contributed by atoms with Gasteiger partial charge < -0.3 is 15.5 Å². The number of methoxy groups -OCH3 is 1. The topological polar surface area (TPSA) is 113 Å². The first kappa shape index (κ1) is 20.8. The number of carbonyl (C=O) groups excluding carboxylic acids is 1. The Labute approximate surface area is 174 Å². The van der Waals surface area contributed by atoms with Gasteiger partial charge in [-0.05, 0) is 36.2 Å². The van der Waals surface area contributed by atoms with Crippen molar-refractivity contribution in [3.8, 4) is 17.0 Å². The number of anilines is 1. The lowest BCUT2D eigenvalue weighted by Gasteiger charge is -2.13. The van der Waals surface area contributed by atoms with E-state index in [1.54, 1.807) is 38.8 Å². The van der Waals surface area contributed by atoms with E-state index in [2.05, 4.69) is 25.3 Å². The molecule has 3 rings (SSSR count). The average molecular weight is 402 g/mol. The Morgan fingerprint density at radius 3 is 2.70 bits per heavy atom. The monoisotopic (exact) mass is 402 g/mol. The standard InChI is InChI=1S/C22H22N6O2/c1-14-6-7-25-11-18(14)22(29)28-21-13-26-19(12-27-21)17-8-15(4-5-20(17)30-3)16(9-23)10-24-2/h4-13,16,23H,1-3H3,(H,27,28,29). The first-order chi connectivity index (χ1) is 14.6. The highest BCUT2D eigenvalue weighted by Crippen LogP contribution is 2.31. The lowest BCUT2D eigenvalue weighted by atomic mass is 9.97. The Bertz CT molecular complexity index is 1080. The molecule has 2 aromatic heterocycles. The number of nitrogens with one attached hydrogen (secondary N) is 2. The maximum absolute atomic E-state index is 12.4. The van der Waals surface area contributed by atoms with Gasteiger partial charge in [0.25, 0.3) is 5.91 Å². The van der Waals surface area contributed by atoms with Gasteiger partial charge >= 0.3 is 0 Å². The van der Waals surface area contributed by atoms with Crippen LogP contribution in [-0.2, 0) is 0 Å². The molecule has 0 spiro atoms. The van der Waals surface area contributed by atoms with Crippen LogP contribution in [0.4, 0.5) is 5.82 Å². The zero-order valence-electron chi connectivity index (χ0n) is 17.0. The van der Waals surface area contributed by atoms with Gasteiger partial charge in [0.1, 0.15) is 5.75 Å². The predicted octanol–water partition coefficient (Wildman–Crippen LogP) is 3.54. The minimum Gasteiger partial charge on any atom is -0.496 e. The number of amides is 1. The Morgan fingerprint density at radius 2 is 2.07 bits per heavy atom. The summed E-state index contributed by atoms with van der Waals surface area (Å²) in [4.78, 5) is 29.2. The molecule has 0 radical (unpaired) electrons. The van der Waals surface area contributed by atoms with Gasteiger partial charge in [0, 0.05) is 37.4 Å². The summed E-state index contributed by atoms with van der Waals surface area (Å²) >= 11 is 0. The van der Waals surface area contributed by atoms with Crippen LogP contribution in [-0.4, -0.2) is 47.4 Å². The molecule has 3 aromatic rings. The normalized spacial score (nSPS) is 11.8. The van der Waals surface area contributed by atoms with Gasteiger partial charge in [-0.25, -0.2) is 4.98 Å². The Kier molecular flexibility index (Phi) is 6.59. The molecule has 0 aliphatic rings. The van der Waals surface area contributed by atoms with E-state index in [0.717, 1.165) is 16.7 Å². The van der Waals surface area contributed by atoms with Crippen molar-refractivity contribution in [2.75, 3.05) is 19.5 Å². The van der Waals surface area contributed by atoms with E-state index in [1.807, 2.05) is 25.1 Å². The van der Waals surface area contributed by atoms with Crippen molar-refractivity contribution in [1.82, 2.24) is 15.0 Å². The largest absolute Gasteiger partial charge is 0.496 e. The fraction of sp³-hybridized carbons (Fsp3) is 0.182. The van der Waals surface area contributed by atoms with E-state index in [4.69, 9.17) is 10.1 Å². The summed E-state index contributed by atoms with van der Waals surface area (Å²) in [5.41, 5.74) is 3.51. The maximum Gasteiger partial charge on any atom is 0.258 e. The zero-order valence-corrected chi connectivity index (χ0v) is 17.0. The number of nitrogens with zero attached hydrogens (tertiary/aromatic N) is 4. The third kappa shape index (κ3) is 4.54. The maximum atomic E-state index is 12.4. The molecule has 1 atom stereocenters. The van der Waals surface area contributed by atoms with Gasteiger partial charge in [0.15, 0.2) is 5.82 Å². The van der Waals surface area contributed by atoms with Crippen molar-refractivity contribution in [2.24, 2.45) is 4.99 Å². The number of aliphatic imine (C=N–C) groups is 1. The van der Waals surface area contributed by atoms with Crippen LogP contribution in [0.3, 0.4) is 0 Å². The molecule has 0 aliphatic heterocycles. The van der Waals surface area contributed by atoms with E-state index in [0.29, 0.717) is 22.8 Å². The van der Waals surface area contributed by atoms with Crippen molar-refractivity contribution in [3.05, 3.63) is 65.7 Å². The predicted molar refractivity (Wildman–Crippen MR) is 117 cm³/mol. The number of aryl methyl sites for hydroxylation is 1. The molecule has 8 heteroatoms. The number of pyridine rings is 1.